The van der Waals surface area contributed by atoms with Gasteiger partial charge in [-0.25, -0.2) is 4.39 Å². The second-order valence-corrected chi connectivity index (χ2v) is 4.63. The SMILES string of the molecule is N#Cc1c(F)cccc1-c1nc(CC2CCCO2)no1. The van der Waals surface area contributed by atoms with Gasteiger partial charge in [0.05, 0.1) is 11.7 Å². The molecule has 1 saturated heterocycles. The lowest BCUT2D eigenvalue weighted by Gasteiger charge is -2.04. The van der Waals surface area contributed by atoms with Crippen LogP contribution < -0.4 is 0 Å². The molecule has 0 N–H and O–H groups in total. The molecule has 1 aromatic carbocycles. The molecule has 1 aromatic heterocycles. The van der Waals surface area contributed by atoms with Gasteiger partial charge in [0.25, 0.3) is 5.89 Å². The van der Waals surface area contributed by atoms with Gasteiger partial charge in [-0.3, -0.25) is 0 Å². The van der Waals surface area contributed by atoms with E-state index in [0.29, 0.717) is 17.8 Å². The lowest BCUT2D eigenvalue weighted by atomic mass is 10.1. The van der Waals surface area contributed by atoms with Crippen molar-refractivity contribution in [3.63, 3.8) is 0 Å². The molecule has 0 radical (unpaired) electrons. The first-order valence-electron chi connectivity index (χ1n) is 6.41. The van der Waals surface area contributed by atoms with E-state index in [4.69, 9.17) is 14.5 Å². The Hall–Kier alpha value is -2.26. The molecule has 1 fully saturated rings. The lowest BCUT2D eigenvalue weighted by Crippen LogP contribution is -2.09. The molecule has 1 unspecified atom stereocenters. The monoisotopic (exact) mass is 273 g/mol. The molecule has 0 amide bonds. The summed E-state index contributed by atoms with van der Waals surface area (Å²) in [4.78, 5) is 4.22. The molecular weight excluding hydrogens is 261 g/mol. The fraction of sp³-hybridized carbons (Fsp3) is 0.357. The first-order chi connectivity index (χ1) is 9.78. The Labute approximate surface area is 115 Å². The van der Waals surface area contributed by atoms with Gasteiger partial charge in [0.1, 0.15) is 17.4 Å². The smallest absolute Gasteiger partial charge is 0.259 e. The summed E-state index contributed by atoms with van der Waals surface area (Å²) in [6, 6.07) is 6.14. The van der Waals surface area contributed by atoms with Crippen molar-refractivity contribution >= 4 is 0 Å². The van der Waals surface area contributed by atoms with Gasteiger partial charge in [-0.15, -0.1) is 0 Å². The second kappa shape index (κ2) is 5.39. The summed E-state index contributed by atoms with van der Waals surface area (Å²) in [6.07, 6.45) is 2.70. The number of rotatable bonds is 3. The molecule has 102 valence electrons. The van der Waals surface area contributed by atoms with Gasteiger partial charge >= 0.3 is 0 Å². The van der Waals surface area contributed by atoms with Crippen LogP contribution in [0.3, 0.4) is 0 Å². The van der Waals surface area contributed by atoms with Crippen LogP contribution in [0.2, 0.25) is 0 Å². The van der Waals surface area contributed by atoms with Gasteiger partial charge in [0.2, 0.25) is 0 Å². The minimum absolute atomic E-state index is 0.0835. The minimum atomic E-state index is -0.594. The Morgan fingerprint density at radius 3 is 3.10 bits per heavy atom. The summed E-state index contributed by atoms with van der Waals surface area (Å²) >= 11 is 0. The van der Waals surface area contributed by atoms with Gasteiger partial charge in [-0.2, -0.15) is 10.2 Å². The van der Waals surface area contributed by atoms with Gasteiger partial charge in [0, 0.05) is 13.0 Å². The third-order valence-electron chi connectivity index (χ3n) is 3.26. The Morgan fingerprint density at radius 1 is 1.45 bits per heavy atom. The molecule has 0 aliphatic carbocycles. The van der Waals surface area contributed by atoms with E-state index < -0.39 is 5.82 Å². The van der Waals surface area contributed by atoms with Crippen LogP contribution in [0.4, 0.5) is 4.39 Å². The molecule has 1 aliphatic rings. The van der Waals surface area contributed by atoms with Gasteiger partial charge in [-0.1, -0.05) is 11.2 Å². The topological polar surface area (TPSA) is 71.9 Å². The van der Waals surface area contributed by atoms with Crippen molar-refractivity contribution in [1.29, 1.82) is 5.26 Å². The van der Waals surface area contributed by atoms with E-state index in [1.807, 2.05) is 6.07 Å². The summed E-state index contributed by atoms with van der Waals surface area (Å²) in [5.74, 6) is 0.0815. The molecule has 20 heavy (non-hydrogen) atoms. The van der Waals surface area contributed by atoms with Crippen molar-refractivity contribution in [2.24, 2.45) is 0 Å². The Balaban J connectivity index is 1.86. The summed E-state index contributed by atoms with van der Waals surface area (Å²) in [5.41, 5.74) is 0.235. The number of hydrogen-bond acceptors (Lipinski definition) is 5. The molecule has 0 saturated carbocycles. The number of aromatic nitrogens is 2. The first-order valence-corrected chi connectivity index (χ1v) is 6.41. The number of benzene rings is 1. The van der Waals surface area contributed by atoms with Crippen molar-refractivity contribution in [2.45, 2.75) is 25.4 Å². The van der Waals surface area contributed by atoms with E-state index in [-0.39, 0.29) is 17.6 Å². The van der Waals surface area contributed by atoms with Crippen LogP contribution in [0.25, 0.3) is 11.5 Å². The fourth-order valence-electron chi connectivity index (χ4n) is 2.27. The normalized spacial score (nSPS) is 18.1. The molecule has 5 nitrogen and oxygen atoms in total. The van der Waals surface area contributed by atoms with E-state index in [9.17, 15) is 4.39 Å². The standard InChI is InChI=1S/C14H12FN3O2/c15-12-5-1-4-10(11(12)8-16)14-17-13(18-20-14)7-9-3-2-6-19-9/h1,4-5,9H,2-3,6-7H2. The van der Waals surface area contributed by atoms with Crippen LogP contribution >= 0.6 is 0 Å². The number of halogens is 1. The van der Waals surface area contributed by atoms with E-state index in [1.165, 1.54) is 12.1 Å². The summed E-state index contributed by atoms with van der Waals surface area (Å²) in [5, 5.41) is 12.9. The van der Waals surface area contributed by atoms with E-state index >= 15 is 0 Å². The largest absolute Gasteiger partial charge is 0.378 e. The van der Waals surface area contributed by atoms with Crippen LogP contribution in [0.15, 0.2) is 22.7 Å². The quantitative estimate of drug-likeness (QED) is 0.859. The molecule has 1 atom stereocenters. The van der Waals surface area contributed by atoms with E-state index in [2.05, 4.69) is 10.1 Å². The number of ether oxygens (including phenoxy) is 1. The number of nitrogens with zero attached hydrogens (tertiary/aromatic N) is 3. The zero-order chi connectivity index (χ0) is 13.9. The van der Waals surface area contributed by atoms with Crippen molar-refractivity contribution in [3.8, 4) is 17.5 Å². The third kappa shape index (κ3) is 2.40. The highest BCUT2D eigenvalue weighted by atomic mass is 19.1. The fourth-order valence-corrected chi connectivity index (χ4v) is 2.27. The zero-order valence-corrected chi connectivity index (χ0v) is 10.7. The van der Waals surface area contributed by atoms with Crippen LogP contribution in [-0.2, 0) is 11.2 Å². The van der Waals surface area contributed by atoms with Gasteiger partial charge in [-0.05, 0) is 25.0 Å². The maximum Gasteiger partial charge on any atom is 0.259 e. The molecule has 1 aliphatic heterocycles. The van der Waals surface area contributed by atoms with Crippen LogP contribution in [-0.4, -0.2) is 22.9 Å². The number of nitriles is 1. The Kier molecular flexibility index (Phi) is 3.44. The van der Waals surface area contributed by atoms with Crippen molar-refractivity contribution < 1.29 is 13.7 Å². The average molecular weight is 273 g/mol. The van der Waals surface area contributed by atoms with Gasteiger partial charge < -0.3 is 9.26 Å². The summed E-state index contributed by atoms with van der Waals surface area (Å²) in [7, 11) is 0. The highest BCUT2D eigenvalue weighted by molar-refractivity contribution is 5.63. The number of hydrogen-bond donors (Lipinski definition) is 0. The Morgan fingerprint density at radius 2 is 2.35 bits per heavy atom. The van der Waals surface area contributed by atoms with Crippen molar-refractivity contribution in [3.05, 3.63) is 35.4 Å². The summed E-state index contributed by atoms with van der Waals surface area (Å²) in [6.45, 7) is 0.762. The van der Waals surface area contributed by atoms with Gasteiger partial charge in [0.15, 0.2) is 5.82 Å². The molecule has 6 heteroatoms. The molecule has 0 spiro atoms. The zero-order valence-electron chi connectivity index (χ0n) is 10.7. The van der Waals surface area contributed by atoms with Crippen molar-refractivity contribution in [2.75, 3.05) is 6.61 Å². The van der Waals surface area contributed by atoms with Crippen LogP contribution in [0, 0.1) is 17.1 Å². The molecule has 2 aromatic rings. The summed E-state index contributed by atoms with van der Waals surface area (Å²) < 4.78 is 24.2. The average Bonchev–Trinajstić information content (AvgIpc) is 3.10. The lowest BCUT2D eigenvalue weighted by molar-refractivity contribution is 0.109. The van der Waals surface area contributed by atoms with Crippen LogP contribution in [0.1, 0.15) is 24.2 Å². The second-order valence-electron chi connectivity index (χ2n) is 4.63. The molecule has 2 heterocycles. The minimum Gasteiger partial charge on any atom is -0.378 e. The van der Waals surface area contributed by atoms with E-state index in [1.54, 1.807) is 6.07 Å². The predicted octanol–water partition coefficient (Wildman–Crippen LogP) is 2.47. The van der Waals surface area contributed by atoms with E-state index in [0.717, 1.165) is 19.4 Å². The maximum absolute atomic E-state index is 13.5. The van der Waals surface area contributed by atoms with Crippen molar-refractivity contribution in [1.82, 2.24) is 10.1 Å². The first kappa shape index (κ1) is 12.8. The highest BCUT2D eigenvalue weighted by Crippen LogP contribution is 2.24. The molecule has 0 bridgehead atoms. The predicted molar refractivity (Wildman–Crippen MR) is 67.1 cm³/mol. The highest BCUT2D eigenvalue weighted by Gasteiger charge is 2.21. The Bertz CT molecular complexity index is 657. The molecular formula is C14H12FN3O2. The van der Waals surface area contributed by atoms with Crippen LogP contribution in [0.5, 0.6) is 0 Å². The maximum atomic E-state index is 13.5. The third-order valence-corrected chi connectivity index (χ3v) is 3.26. The molecule has 3 rings (SSSR count).